The first-order valence-electron chi connectivity index (χ1n) is 8.68. The topological polar surface area (TPSA) is 58.6 Å². The summed E-state index contributed by atoms with van der Waals surface area (Å²) in [4.78, 5) is 26.0. The molecular formula is C20H20F2N2O3. The minimum atomic E-state index is -0.944. The number of halogens is 2. The van der Waals surface area contributed by atoms with Crippen molar-refractivity contribution < 1.29 is 23.1 Å². The molecule has 0 aliphatic carbocycles. The minimum Gasteiger partial charge on any atom is -0.452 e. The van der Waals surface area contributed by atoms with Crippen LogP contribution in [0.2, 0.25) is 0 Å². The number of benzene rings is 2. The summed E-state index contributed by atoms with van der Waals surface area (Å²) < 4.78 is 31.1. The maximum Gasteiger partial charge on any atom is 0.338 e. The average molecular weight is 374 g/mol. The maximum absolute atomic E-state index is 13.1. The van der Waals surface area contributed by atoms with Crippen LogP contribution < -0.4 is 5.32 Å². The molecule has 1 saturated heterocycles. The summed E-state index contributed by atoms with van der Waals surface area (Å²) in [6.07, 6.45) is 0.807. The lowest BCUT2D eigenvalue weighted by atomic mass is 10.2. The number of esters is 1. The molecule has 5 nitrogen and oxygen atoms in total. The van der Waals surface area contributed by atoms with Crippen molar-refractivity contribution in [1.82, 2.24) is 10.2 Å². The number of likely N-dealkylation sites (tertiary alicyclic amines) is 1. The molecule has 0 saturated carbocycles. The van der Waals surface area contributed by atoms with Crippen molar-refractivity contribution in [3.05, 3.63) is 71.3 Å². The molecule has 1 aliphatic rings. The molecule has 2 aromatic carbocycles. The Bertz CT molecular complexity index is 794. The molecule has 1 heterocycles. The first kappa shape index (κ1) is 19.0. The highest BCUT2D eigenvalue weighted by molar-refractivity contribution is 5.91. The first-order chi connectivity index (χ1) is 13.0. The summed E-state index contributed by atoms with van der Waals surface area (Å²) in [5.74, 6) is -3.14. The molecule has 0 spiro atoms. The van der Waals surface area contributed by atoms with Crippen molar-refractivity contribution in [2.45, 2.75) is 19.0 Å². The van der Waals surface area contributed by atoms with Crippen molar-refractivity contribution in [2.75, 3.05) is 19.7 Å². The van der Waals surface area contributed by atoms with Gasteiger partial charge < -0.3 is 10.1 Å². The Hall–Kier alpha value is -2.80. The number of amides is 1. The first-order valence-corrected chi connectivity index (χ1v) is 8.68. The number of nitrogens with zero attached hydrogens (tertiary/aromatic N) is 1. The molecule has 0 radical (unpaired) electrons. The van der Waals surface area contributed by atoms with Gasteiger partial charge in [-0.05, 0) is 24.1 Å². The van der Waals surface area contributed by atoms with Crippen molar-refractivity contribution in [1.29, 1.82) is 0 Å². The molecule has 3 rings (SSSR count). The van der Waals surface area contributed by atoms with E-state index in [9.17, 15) is 18.4 Å². The molecule has 27 heavy (non-hydrogen) atoms. The van der Waals surface area contributed by atoms with Crippen molar-refractivity contribution in [3.63, 3.8) is 0 Å². The van der Waals surface area contributed by atoms with Crippen LogP contribution in [0.3, 0.4) is 0 Å². The summed E-state index contributed by atoms with van der Waals surface area (Å²) in [5, 5.41) is 2.82. The van der Waals surface area contributed by atoms with Gasteiger partial charge in [0.15, 0.2) is 6.61 Å². The Morgan fingerprint density at radius 1 is 1.11 bits per heavy atom. The molecule has 1 amide bonds. The Labute approximate surface area is 155 Å². The summed E-state index contributed by atoms with van der Waals surface area (Å²) in [5.41, 5.74) is 0.941. The van der Waals surface area contributed by atoms with E-state index in [1.165, 1.54) is 5.56 Å². The highest BCUT2D eigenvalue weighted by atomic mass is 19.1. The lowest BCUT2D eigenvalue weighted by molar-refractivity contribution is -0.124. The van der Waals surface area contributed by atoms with Gasteiger partial charge in [-0.25, -0.2) is 13.6 Å². The highest BCUT2D eigenvalue weighted by Crippen LogP contribution is 2.13. The molecule has 7 heteroatoms. The van der Waals surface area contributed by atoms with E-state index in [1.54, 1.807) is 0 Å². The van der Waals surface area contributed by atoms with E-state index in [-0.39, 0.29) is 11.6 Å². The third kappa shape index (κ3) is 5.59. The average Bonchev–Trinajstić information content (AvgIpc) is 3.06. The fraction of sp³-hybridized carbons (Fsp3) is 0.300. The smallest absolute Gasteiger partial charge is 0.338 e. The fourth-order valence-corrected chi connectivity index (χ4v) is 3.09. The number of carbonyl (C=O) groups excluding carboxylic acids is 2. The lowest BCUT2D eigenvalue weighted by Crippen LogP contribution is -2.39. The number of rotatable bonds is 6. The van der Waals surface area contributed by atoms with E-state index in [0.29, 0.717) is 12.6 Å². The van der Waals surface area contributed by atoms with Crippen molar-refractivity contribution in [2.24, 2.45) is 0 Å². The molecule has 1 aliphatic heterocycles. The highest BCUT2D eigenvalue weighted by Gasteiger charge is 2.24. The van der Waals surface area contributed by atoms with Crippen LogP contribution in [0.1, 0.15) is 22.3 Å². The zero-order chi connectivity index (χ0) is 19.2. The molecule has 1 N–H and O–H groups in total. The third-order valence-corrected chi connectivity index (χ3v) is 4.32. The van der Waals surface area contributed by atoms with Gasteiger partial charge in [0, 0.05) is 31.7 Å². The van der Waals surface area contributed by atoms with Crippen LogP contribution in [0.5, 0.6) is 0 Å². The van der Waals surface area contributed by atoms with Gasteiger partial charge in [0.1, 0.15) is 11.6 Å². The van der Waals surface area contributed by atoms with E-state index in [0.717, 1.165) is 31.6 Å². The molecule has 1 fully saturated rings. The molecule has 142 valence electrons. The number of hydrogen-bond acceptors (Lipinski definition) is 4. The zero-order valence-electron chi connectivity index (χ0n) is 14.7. The molecule has 0 bridgehead atoms. The molecule has 1 unspecified atom stereocenters. The molecule has 2 aromatic rings. The van der Waals surface area contributed by atoms with Gasteiger partial charge in [0.2, 0.25) is 0 Å². The largest absolute Gasteiger partial charge is 0.452 e. The summed E-state index contributed by atoms with van der Waals surface area (Å²) in [7, 11) is 0. The van der Waals surface area contributed by atoms with Gasteiger partial charge in [-0.15, -0.1) is 0 Å². The minimum absolute atomic E-state index is 0.0217. The van der Waals surface area contributed by atoms with Gasteiger partial charge >= 0.3 is 5.97 Å². The number of nitrogens with one attached hydrogen (secondary N) is 1. The van der Waals surface area contributed by atoms with E-state index >= 15 is 0 Å². The monoisotopic (exact) mass is 374 g/mol. The van der Waals surface area contributed by atoms with Crippen LogP contribution in [-0.2, 0) is 16.1 Å². The second-order valence-corrected chi connectivity index (χ2v) is 6.51. The maximum atomic E-state index is 13.1. The van der Waals surface area contributed by atoms with Gasteiger partial charge in [0.05, 0.1) is 5.56 Å². The van der Waals surface area contributed by atoms with Crippen LogP contribution in [0.25, 0.3) is 0 Å². The second-order valence-electron chi connectivity index (χ2n) is 6.51. The Morgan fingerprint density at radius 3 is 2.52 bits per heavy atom. The van der Waals surface area contributed by atoms with E-state index < -0.39 is 30.1 Å². The standard InChI is InChI=1S/C20H20F2N2O3/c21-16-8-15(9-17(22)10-16)20(26)27-13-19(25)23-18-6-7-24(12-18)11-14-4-2-1-3-5-14/h1-5,8-10,18H,6-7,11-13H2,(H,23,25). The molecule has 0 aromatic heterocycles. The molecule has 1 atom stereocenters. The van der Waals surface area contributed by atoms with Crippen LogP contribution in [-0.4, -0.2) is 42.5 Å². The predicted molar refractivity (Wildman–Crippen MR) is 94.9 cm³/mol. The van der Waals surface area contributed by atoms with Crippen molar-refractivity contribution >= 4 is 11.9 Å². The summed E-state index contributed by atoms with van der Waals surface area (Å²) in [6, 6.07) is 12.4. The Balaban J connectivity index is 1.42. The van der Waals surface area contributed by atoms with E-state index in [2.05, 4.69) is 22.3 Å². The van der Waals surface area contributed by atoms with Crippen LogP contribution in [0, 0.1) is 11.6 Å². The number of ether oxygens (including phenoxy) is 1. The third-order valence-electron chi connectivity index (χ3n) is 4.32. The molecular weight excluding hydrogens is 354 g/mol. The lowest BCUT2D eigenvalue weighted by Gasteiger charge is -2.16. The van der Waals surface area contributed by atoms with Crippen molar-refractivity contribution in [3.8, 4) is 0 Å². The number of carbonyl (C=O) groups is 2. The second kappa shape index (κ2) is 8.73. The van der Waals surface area contributed by atoms with E-state index in [4.69, 9.17) is 4.74 Å². The fourth-order valence-electron chi connectivity index (χ4n) is 3.09. The van der Waals surface area contributed by atoms with Gasteiger partial charge in [-0.1, -0.05) is 30.3 Å². The normalized spacial score (nSPS) is 16.9. The Kier molecular flexibility index (Phi) is 6.13. The quantitative estimate of drug-likeness (QED) is 0.790. The SMILES string of the molecule is O=C(COC(=O)c1cc(F)cc(F)c1)NC1CCN(Cc2ccccc2)C1. The zero-order valence-corrected chi connectivity index (χ0v) is 14.7. The summed E-state index contributed by atoms with van der Waals surface area (Å²) >= 11 is 0. The number of hydrogen-bond donors (Lipinski definition) is 1. The van der Waals surface area contributed by atoms with Crippen LogP contribution in [0.4, 0.5) is 8.78 Å². The predicted octanol–water partition coefficient (Wildman–Crippen LogP) is 2.51. The summed E-state index contributed by atoms with van der Waals surface area (Å²) in [6.45, 7) is 1.89. The van der Waals surface area contributed by atoms with Crippen LogP contribution >= 0.6 is 0 Å². The van der Waals surface area contributed by atoms with Gasteiger partial charge in [-0.2, -0.15) is 0 Å². The van der Waals surface area contributed by atoms with Crippen LogP contribution in [0.15, 0.2) is 48.5 Å². The van der Waals surface area contributed by atoms with Gasteiger partial charge in [-0.3, -0.25) is 9.69 Å². The Morgan fingerprint density at radius 2 is 1.81 bits per heavy atom. The van der Waals surface area contributed by atoms with Gasteiger partial charge in [0.25, 0.3) is 5.91 Å². The van der Waals surface area contributed by atoms with E-state index in [1.807, 2.05) is 18.2 Å².